The fourth-order valence-corrected chi connectivity index (χ4v) is 3.33. The Morgan fingerprint density at radius 2 is 1.84 bits per heavy atom. The van der Waals surface area contributed by atoms with Crippen LogP contribution in [0.5, 0.6) is 0 Å². The molecular weight excluding hydrogens is 238 g/mol. The molecule has 110 valence electrons. The first kappa shape index (κ1) is 14.8. The van der Waals surface area contributed by atoms with Crippen molar-refractivity contribution >= 4 is 5.91 Å². The summed E-state index contributed by atoms with van der Waals surface area (Å²) in [5.74, 6) is 1.09. The fourth-order valence-electron chi connectivity index (χ4n) is 3.33. The molecule has 0 bridgehead atoms. The largest absolute Gasteiger partial charge is 0.352 e. The van der Waals surface area contributed by atoms with E-state index in [1.807, 2.05) is 7.05 Å². The van der Waals surface area contributed by atoms with Crippen LogP contribution in [-0.4, -0.2) is 50.1 Å². The van der Waals surface area contributed by atoms with E-state index in [0.29, 0.717) is 12.6 Å². The lowest BCUT2D eigenvalue weighted by molar-refractivity contribution is -0.123. The molecule has 1 heterocycles. The third kappa shape index (κ3) is 5.11. The zero-order chi connectivity index (χ0) is 13.5. The molecule has 2 N–H and O–H groups in total. The van der Waals surface area contributed by atoms with Crippen molar-refractivity contribution in [1.82, 2.24) is 15.5 Å². The van der Waals surface area contributed by atoms with Gasteiger partial charge in [0.15, 0.2) is 0 Å². The van der Waals surface area contributed by atoms with Crippen molar-refractivity contribution in [2.24, 2.45) is 5.92 Å². The minimum absolute atomic E-state index is 0.237. The summed E-state index contributed by atoms with van der Waals surface area (Å²) < 4.78 is 0. The number of carbonyl (C=O) groups is 1. The van der Waals surface area contributed by atoms with Crippen LogP contribution in [0.3, 0.4) is 0 Å². The molecule has 1 saturated carbocycles. The van der Waals surface area contributed by atoms with E-state index in [-0.39, 0.29) is 5.91 Å². The number of hydrogen-bond donors (Lipinski definition) is 2. The van der Waals surface area contributed by atoms with Gasteiger partial charge in [0.2, 0.25) is 5.91 Å². The van der Waals surface area contributed by atoms with E-state index in [1.165, 1.54) is 44.9 Å². The van der Waals surface area contributed by atoms with Gasteiger partial charge in [0.25, 0.3) is 0 Å². The van der Waals surface area contributed by atoms with Gasteiger partial charge in [0, 0.05) is 6.04 Å². The van der Waals surface area contributed by atoms with Crippen LogP contribution in [0.2, 0.25) is 0 Å². The number of carbonyl (C=O) groups excluding carboxylic acids is 1. The van der Waals surface area contributed by atoms with Gasteiger partial charge in [-0.05, 0) is 64.7 Å². The molecule has 0 spiro atoms. The molecule has 2 aliphatic rings. The van der Waals surface area contributed by atoms with Gasteiger partial charge in [-0.1, -0.05) is 12.8 Å². The molecule has 1 aliphatic carbocycles. The van der Waals surface area contributed by atoms with E-state index in [2.05, 4.69) is 15.5 Å². The molecule has 1 amide bonds. The third-order valence-electron chi connectivity index (χ3n) is 4.60. The molecule has 19 heavy (non-hydrogen) atoms. The summed E-state index contributed by atoms with van der Waals surface area (Å²) in [5.41, 5.74) is 0. The van der Waals surface area contributed by atoms with Gasteiger partial charge in [-0.3, -0.25) is 9.69 Å². The van der Waals surface area contributed by atoms with Crippen molar-refractivity contribution in [3.63, 3.8) is 0 Å². The van der Waals surface area contributed by atoms with Crippen molar-refractivity contribution in [3.05, 3.63) is 0 Å². The molecule has 0 aromatic rings. The maximum atomic E-state index is 12.0. The fraction of sp³-hybridized carbons (Fsp3) is 0.933. The summed E-state index contributed by atoms with van der Waals surface area (Å²) in [7, 11) is 2.02. The number of nitrogens with zero attached hydrogens (tertiary/aromatic N) is 1. The summed E-state index contributed by atoms with van der Waals surface area (Å²) in [4.78, 5) is 14.3. The van der Waals surface area contributed by atoms with E-state index < -0.39 is 0 Å². The highest BCUT2D eigenvalue weighted by Gasteiger charge is 2.22. The number of amides is 1. The van der Waals surface area contributed by atoms with Crippen molar-refractivity contribution in [3.8, 4) is 0 Å². The van der Waals surface area contributed by atoms with Crippen LogP contribution < -0.4 is 10.6 Å². The highest BCUT2D eigenvalue weighted by atomic mass is 16.2. The van der Waals surface area contributed by atoms with E-state index in [0.717, 1.165) is 25.6 Å². The van der Waals surface area contributed by atoms with E-state index in [4.69, 9.17) is 0 Å². The van der Waals surface area contributed by atoms with E-state index in [1.54, 1.807) is 0 Å². The Labute approximate surface area is 117 Å². The molecule has 1 saturated heterocycles. The number of hydrogen-bond acceptors (Lipinski definition) is 3. The SMILES string of the molecule is CNCCC1CCN(CC(=O)NC2CCCC2)CC1. The molecule has 0 aromatic heterocycles. The Morgan fingerprint density at radius 1 is 1.16 bits per heavy atom. The highest BCUT2D eigenvalue weighted by molar-refractivity contribution is 5.78. The van der Waals surface area contributed by atoms with Crippen molar-refractivity contribution < 1.29 is 4.79 Å². The predicted octanol–water partition coefficient (Wildman–Crippen LogP) is 1.37. The second-order valence-electron chi connectivity index (χ2n) is 6.16. The molecule has 4 nitrogen and oxygen atoms in total. The first-order valence-electron chi connectivity index (χ1n) is 7.94. The number of rotatable bonds is 6. The highest BCUT2D eigenvalue weighted by Crippen LogP contribution is 2.20. The predicted molar refractivity (Wildman–Crippen MR) is 78.1 cm³/mol. The zero-order valence-electron chi connectivity index (χ0n) is 12.3. The second-order valence-corrected chi connectivity index (χ2v) is 6.16. The summed E-state index contributed by atoms with van der Waals surface area (Å²) in [6.45, 7) is 3.90. The van der Waals surface area contributed by atoms with Crippen LogP contribution >= 0.6 is 0 Å². The van der Waals surface area contributed by atoms with Crippen LogP contribution in [0.1, 0.15) is 44.9 Å². The molecule has 1 aliphatic heterocycles. The number of piperidine rings is 1. The Bertz CT molecular complexity index is 269. The van der Waals surface area contributed by atoms with Gasteiger partial charge < -0.3 is 10.6 Å². The van der Waals surface area contributed by atoms with Crippen LogP contribution in [-0.2, 0) is 4.79 Å². The number of nitrogens with one attached hydrogen (secondary N) is 2. The summed E-state index contributed by atoms with van der Waals surface area (Å²) >= 11 is 0. The van der Waals surface area contributed by atoms with Gasteiger partial charge in [-0.15, -0.1) is 0 Å². The van der Waals surface area contributed by atoms with Crippen molar-refractivity contribution in [1.29, 1.82) is 0 Å². The molecule has 0 atom stereocenters. The Kier molecular flexibility index (Phi) is 6.11. The van der Waals surface area contributed by atoms with Gasteiger partial charge in [-0.25, -0.2) is 0 Å². The van der Waals surface area contributed by atoms with E-state index >= 15 is 0 Å². The van der Waals surface area contributed by atoms with Crippen LogP contribution in [0.25, 0.3) is 0 Å². The molecule has 0 aromatic carbocycles. The molecular formula is C15H29N3O. The lowest BCUT2D eigenvalue weighted by atomic mass is 9.93. The van der Waals surface area contributed by atoms with Crippen LogP contribution in [0.15, 0.2) is 0 Å². The summed E-state index contributed by atoms with van der Waals surface area (Å²) in [6, 6.07) is 0.459. The Balaban J connectivity index is 1.60. The van der Waals surface area contributed by atoms with Crippen LogP contribution in [0.4, 0.5) is 0 Å². The average molecular weight is 267 g/mol. The molecule has 2 fully saturated rings. The smallest absolute Gasteiger partial charge is 0.234 e. The molecule has 4 heteroatoms. The minimum atomic E-state index is 0.237. The van der Waals surface area contributed by atoms with Gasteiger partial charge in [0.05, 0.1) is 6.54 Å². The van der Waals surface area contributed by atoms with Crippen LogP contribution in [0, 0.1) is 5.92 Å². The van der Waals surface area contributed by atoms with Crippen molar-refractivity contribution in [2.75, 3.05) is 33.2 Å². The van der Waals surface area contributed by atoms with Gasteiger partial charge >= 0.3 is 0 Å². The van der Waals surface area contributed by atoms with Crippen molar-refractivity contribution in [2.45, 2.75) is 51.0 Å². The quantitative estimate of drug-likeness (QED) is 0.764. The summed E-state index contributed by atoms with van der Waals surface area (Å²) in [5, 5.41) is 6.40. The first-order chi connectivity index (χ1) is 9.28. The van der Waals surface area contributed by atoms with Gasteiger partial charge in [-0.2, -0.15) is 0 Å². The third-order valence-corrected chi connectivity index (χ3v) is 4.60. The first-order valence-corrected chi connectivity index (χ1v) is 7.94. The summed E-state index contributed by atoms with van der Waals surface area (Å²) in [6.07, 6.45) is 8.69. The zero-order valence-corrected chi connectivity index (χ0v) is 12.3. The second kappa shape index (κ2) is 7.85. The number of likely N-dealkylation sites (tertiary alicyclic amines) is 1. The Morgan fingerprint density at radius 3 is 2.47 bits per heavy atom. The molecule has 2 rings (SSSR count). The minimum Gasteiger partial charge on any atom is -0.352 e. The lowest BCUT2D eigenvalue weighted by Gasteiger charge is -2.31. The maximum absolute atomic E-state index is 12.0. The Hall–Kier alpha value is -0.610. The molecule has 0 radical (unpaired) electrons. The monoisotopic (exact) mass is 267 g/mol. The normalized spacial score (nSPS) is 22.8. The van der Waals surface area contributed by atoms with E-state index in [9.17, 15) is 4.79 Å². The topological polar surface area (TPSA) is 44.4 Å². The standard InChI is InChI=1S/C15H29N3O/c1-16-9-6-13-7-10-18(11-8-13)12-15(19)17-14-4-2-3-5-14/h13-14,16H,2-12H2,1H3,(H,17,19). The van der Waals surface area contributed by atoms with Gasteiger partial charge in [0.1, 0.15) is 0 Å². The average Bonchev–Trinajstić information content (AvgIpc) is 2.90. The maximum Gasteiger partial charge on any atom is 0.234 e. The lowest BCUT2D eigenvalue weighted by Crippen LogP contribution is -2.44. The molecule has 0 unspecified atom stereocenters.